The number of rotatable bonds is 7. The molecule has 0 unspecified atom stereocenters. The molecule has 0 aliphatic carbocycles. The summed E-state index contributed by atoms with van der Waals surface area (Å²) in [5.41, 5.74) is 5.29. The number of para-hydroxylation sites is 1. The zero-order chi connectivity index (χ0) is 19.2. The number of hydrogen-bond acceptors (Lipinski definition) is 3. The predicted octanol–water partition coefficient (Wildman–Crippen LogP) is 3.46. The van der Waals surface area contributed by atoms with Crippen LogP contribution in [0.25, 0.3) is 16.9 Å². The molecule has 1 aromatic heterocycles. The summed E-state index contributed by atoms with van der Waals surface area (Å²) >= 11 is 0. The van der Waals surface area contributed by atoms with Crippen molar-refractivity contribution in [3.8, 4) is 16.9 Å². The number of carbonyl (C=O) groups excluding carboxylic acids is 1. The maximum absolute atomic E-state index is 11.9. The summed E-state index contributed by atoms with van der Waals surface area (Å²) in [5.74, 6) is -0.00195. The van der Waals surface area contributed by atoms with Gasteiger partial charge in [0.2, 0.25) is 5.91 Å². The number of carbonyl (C=O) groups is 1. The van der Waals surface area contributed by atoms with E-state index in [0.29, 0.717) is 6.54 Å². The van der Waals surface area contributed by atoms with Gasteiger partial charge in [-0.3, -0.25) is 4.79 Å². The first-order valence-corrected chi connectivity index (χ1v) is 9.24. The zero-order valence-electron chi connectivity index (χ0n) is 16.1. The van der Waals surface area contributed by atoms with Gasteiger partial charge in [-0.05, 0) is 38.5 Å². The van der Waals surface area contributed by atoms with Crippen LogP contribution in [-0.4, -0.2) is 28.3 Å². The molecule has 0 saturated heterocycles. The molecule has 0 atom stereocenters. The molecule has 5 heteroatoms. The van der Waals surface area contributed by atoms with Gasteiger partial charge >= 0.3 is 0 Å². The molecule has 2 N–H and O–H groups in total. The smallest absolute Gasteiger partial charge is 0.234 e. The monoisotopic (exact) mass is 362 g/mol. The molecule has 3 rings (SSSR count). The van der Waals surface area contributed by atoms with Crippen molar-refractivity contribution < 1.29 is 4.79 Å². The minimum atomic E-state index is -0.00195. The fourth-order valence-electron chi connectivity index (χ4n) is 3.00. The molecule has 0 fully saturated rings. The summed E-state index contributed by atoms with van der Waals surface area (Å²) in [6, 6.07) is 18.4. The van der Waals surface area contributed by atoms with E-state index >= 15 is 0 Å². The van der Waals surface area contributed by atoms with Crippen molar-refractivity contribution in [2.45, 2.75) is 33.4 Å². The SMILES string of the molecule is Cc1ccccc1-c1nn(-c2ccccc2)cc1CNCC(=O)NC(C)C. The second kappa shape index (κ2) is 8.64. The zero-order valence-corrected chi connectivity index (χ0v) is 16.1. The van der Waals surface area contributed by atoms with Gasteiger partial charge in [-0.2, -0.15) is 5.10 Å². The summed E-state index contributed by atoms with van der Waals surface area (Å²) in [5, 5.41) is 11.0. The number of amides is 1. The van der Waals surface area contributed by atoms with Gasteiger partial charge in [0.1, 0.15) is 0 Å². The molecule has 140 valence electrons. The van der Waals surface area contributed by atoms with Crippen LogP contribution in [0.1, 0.15) is 25.0 Å². The number of benzene rings is 2. The normalized spacial score (nSPS) is 11.0. The summed E-state index contributed by atoms with van der Waals surface area (Å²) in [6.45, 7) is 6.85. The second-order valence-electron chi connectivity index (χ2n) is 6.92. The van der Waals surface area contributed by atoms with Gasteiger partial charge in [-0.25, -0.2) is 4.68 Å². The summed E-state index contributed by atoms with van der Waals surface area (Å²) in [6.07, 6.45) is 2.03. The van der Waals surface area contributed by atoms with Gasteiger partial charge in [-0.1, -0.05) is 42.5 Å². The maximum atomic E-state index is 11.9. The maximum Gasteiger partial charge on any atom is 0.234 e. The first-order chi connectivity index (χ1) is 13.0. The highest BCUT2D eigenvalue weighted by atomic mass is 16.1. The molecule has 0 bridgehead atoms. The van der Waals surface area contributed by atoms with Crippen molar-refractivity contribution in [1.29, 1.82) is 0 Å². The second-order valence-corrected chi connectivity index (χ2v) is 6.92. The van der Waals surface area contributed by atoms with Crippen LogP contribution < -0.4 is 10.6 Å². The summed E-state index contributed by atoms with van der Waals surface area (Å²) in [7, 11) is 0. The highest BCUT2D eigenvalue weighted by Gasteiger charge is 2.14. The van der Waals surface area contributed by atoms with Crippen molar-refractivity contribution in [1.82, 2.24) is 20.4 Å². The van der Waals surface area contributed by atoms with Gasteiger partial charge < -0.3 is 10.6 Å². The minimum absolute atomic E-state index is 0.00195. The topological polar surface area (TPSA) is 59.0 Å². The van der Waals surface area contributed by atoms with Crippen LogP contribution in [0.5, 0.6) is 0 Å². The third kappa shape index (κ3) is 4.83. The standard InChI is InChI=1S/C22H26N4O/c1-16(2)24-21(27)14-23-13-18-15-26(19-10-5-4-6-11-19)25-22(18)20-12-8-7-9-17(20)3/h4-12,15-16,23H,13-14H2,1-3H3,(H,24,27). The average molecular weight is 362 g/mol. The fourth-order valence-corrected chi connectivity index (χ4v) is 3.00. The van der Waals surface area contributed by atoms with Crippen LogP contribution in [0.15, 0.2) is 60.8 Å². The molecule has 2 aromatic carbocycles. The number of nitrogens with zero attached hydrogens (tertiary/aromatic N) is 2. The Hall–Kier alpha value is -2.92. The van der Waals surface area contributed by atoms with E-state index < -0.39 is 0 Å². The molecule has 27 heavy (non-hydrogen) atoms. The molecule has 0 radical (unpaired) electrons. The van der Waals surface area contributed by atoms with Gasteiger partial charge in [0.25, 0.3) is 0 Å². The quantitative estimate of drug-likeness (QED) is 0.677. The molecular weight excluding hydrogens is 336 g/mol. The van der Waals surface area contributed by atoms with Crippen LogP contribution in [0.4, 0.5) is 0 Å². The van der Waals surface area contributed by atoms with Crippen LogP contribution >= 0.6 is 0 Å². The molecular formula is C22H26N4O. The molecule has 1 heterocycles. The number of hydrogen-bond donors (Lipinski definition) is 2. The molecule has 3 aromatic rings. The van der Waals surface area contributed by atoms with E-state index in [2.05, 4.69) is 29.7 Å². The van der Waals surface area contributed by atoms with Crippen molar-refractivity contribution >= 4 is 5.91 Å². The van der Waals surface area contributed by atoms with Gasteiger partial charge in [0, 0.05) is 29.9 Å². The first-order valence-electron chi connectivity index (χ1n) is 9.24. The Kier molecular flexibility index (Phi) is 6.04. The van der Waals surface area contributed by atoms with Crippen molar-refractivity contribution in [3.63, 3.8) is 0 Å². The third-order valence-electron chi connectivity index (χ3n) is 4.26. The number of nitrogens with one attached hydrogen (secondary N) is 2. The van der Waals surface area contributed by atoms with Crippen LogP contribution in [0.3, 0.4) is 0 Å². The van der Waals surface area contributed by atoms with E-state index in [0.717, 1.165) is 22.5 Å². The number of aryl methyl sites for hydroxylation is 1. The lowest BCUT2D eigenvalue weighted by Gasteiger charge is -2.09. The first kappa shape index (κ1) is 18.9. The van der Waals surface area contributed by atoms with E-state index in [4.69, 9.17) is 5.10 Å². The van der Waals surface area contributed by atoms with E-state index in [1.807, 2.05) is 67.2 Å². The molecule has 0 aliphatic rings. The Morgan fingerprint density at radius 1 is 1.07 bits per heavy atom. The predicted molar refractivity (Wildman–Crippen MR) is 109 cm³/mol. The molecule has 0 saturated carbocycles. The van der Waals surface area contributed by atoms with Gasteiger partial charge in [0.15, 0.2) is 0 Å². The lowest BCUT2D eigenvalue weighted by molar-refractivity contribution is -0.120. The third-order valence-corrected chi connectivity index (χ3v) is 4.26. The Balaban J connectivity index is 1.86. The van der Waals surface area contributed by atoms with E-state index in [-0.39, 0.29) is 18.5 Å². The van der Waals surface area contributed by atoms with Crippen molar-refractivity contribution in [2.24, 2.45) is 0 Å². The van der Waals surface area contributed by atoms with Gasteiger partial charge in [0.05, 0.1) is 17.9 Å². The Morgan fingerprint density at radius 3 is 2.48 bits per heavy atom. The number of aromatic nitrogens is 2. The van der Waals surface area contributed by atoms with E-state index in [9.17, 15) is 4.79 Å². The molecule has 0 aliphatic heterocycles. The fraction of sp³-hybridized carbons (Fsp3) is 0.273. The molecule has 1 amide bonds. The summed E-state index contributed by atoms with van der Waals surface area (Å²) in [4.78, 5) is 11.9. The van der Waals surface area contributed by atoms with Gasteiger partial charge in [-0.15, -0.1) is 0 Å². The lowest BCUT2D eigenvalue weighted by Crippen LogP contribution is -2.37. The van der Waals surface area contributed by atoms with Crippen LogP contribution in [0.2, 0.25) is 0 Å². The van der Waals surface area contributed by atoms with Crippen molar-refractivity contribution in [3.05, 3.63) is 71.9 Å². The Morgan fingerprint density at radius 2 is 1.78 bits per heavy atom. The van der Waals surface area contributed by atoms with Crippen LogP contribution in [-0.2, 0) is 11.3 Å². The Labute approximate surface area is 160 Å². The lowest BCUT2D eigenvalue weighted by atomic mass is 10.0. The molecule has 5 nitrogen and oxygen atoms in total. The highest BCUT2D eigenvalue weighted by molar-refractivity contribution is 5.78. The van der Waals surface area contributed by atoms with Crippen LogP contribution in [0, 0.1) is 6.92 Å². The Bertz CT molecular complexity index is 900. The molecule has 0 spiro atoms. The highest BCUT2D eigenvalue weighted by Crippen LogP contribution is 2.26. The minimum Gasteiger partial charge on any atom is -0.353 e. The van der Waals surface area contributed by atoms with Crippen molar-refractivity contribution in [2.75, 3.05) is 6.54 Å². The van der Waals surface area contributed by atoms with E-state index in [1.165, 1.54) is 5.56 Å². The average Bonchev–Trinajstić information content (AvgIpc) is 3.06. The van der Waals surface area contributed by atoms with E-state index in [1.54, 1.807) is 0 Å². The summed E-state index contributed by atoms with van der Waals surface area (Å²) < 4.78 is 1.90. The largest absolute Gasteiger partial charge is 0.353 e.